The lowest BCUT2D eigenvalue weighted by Crippen LogP contribution is -2.28. The summed E-state index contributed by atoms with van der Waals surface area (Å²) in [7, 11) is -3.85. The SMILES string of the molecule is C[C@@H](CN1CCCC1)P(=O)(O)O. The standard InChI is InChI=1S/C7H16NO3P/c1-7(12(9,10)11)6-8-4-2-3-5-8/h7H,2-6H2,1H3,(H2,9,10,11)/t7-/m0/s1. The average Bonchev–Trinajstić information content (AvgIpc) is 2.37. The molecule has 0 unspecified atom stereocenters. The van der Waals surface area contributed by atoms with Crippen LogP contribution in [0, 0.1) is 0 Å². The van der Waals surface area contributed by atoms with Crippen molar-refractivity contribution >= 4 is 7.60 Å². The van der Waals surface area contributed by atoms with Crippen molar-refractivity contribution in [2.45, 2.75) is 25.4 Å². The van der Waals surface area contributed by atoms with Gasteiger partial charge in [0.2, 0.25) is 0 Å². The molecule has 0 aromatic heterocycles. The van der Waals surface area contributed by atoms with E-state index in [1.165, 1.54) is 0 Å². The topological polar surface area (TPSA) is 60.8 Å². The number of hydrogen-bond acceptors (Lipinski definition) is 2. The van der Waals surface area contributed by atoms with Gasteiger partial charge >= 0.3 is 7.60 Å². The second-order valence-corrected chi connectivity index (χ2v) is 5.51. The van der Waals surface area contributed by atoms with Gasteiger partial charge in [0, 0.05) is 6.54 Å². The summed E-state index contributed by atoms with van der Waals surface area (Å²) in [5.41, 5.74) is -0.518. The van der Waals surface area contributed by atoms with Gasteiger partial charge < -0.3 is 14.7 Å². The minimum atomic E-state index is -3.85. The lowest BCUT2D eigenvalue weighted by atomic mass is 10.4. The third kappa shape index (κ3) is 2.87. The molecule has 0 aliphatic carbocycles. The molecule has 0 amide bonds. The number of likely N-dealkylation sites (tertiary alicyclic amines) is 1. The molecule has 0 aromatic rings. The predicted octanol–water partition coefficient (Wildman–Crippen LogP) is 0.648. The van der Waals surface area contributed by atoms with Crippen molar-refractivity contribution in [3.63, 3.8) is 0 Å². The summed E-state index contributed by atoms with van der Waals surface area (Å²) < 4.78 is 10.8. The number of rotatable bonds is 3. The summed E-state index contributed by atoms with van der Waals surface area (Å²) in [6, 6.07) is 0. The molecule has 1 atom stereocenters. The maximum absolute atomic E-state index is 10.8. The molecule has 0 saturated carbocycles. The minimum Gasteiger partial charge on any atom is -0.324 e. The first kappa shape index (κ1) is 10.2. The van der Waals surface area contributed by atoms with Gasteiger partial charge in [-0.15, -0.1) is 0 Å². The molecule has 0 radical (unpaired) electrons. The monoisotopic (exact) mass is 193 g/mol. The number of nitrogens with zero attached hydrogens (tertiary/aromatic N) is 1. The molecule has 0 bridgehead atoms. The quantitative estimate of drug-likeness (QED) is 0.646. The van der Waals surface area contributed by atoms with Crippen molar-refractivity contribution in [1.29, 1.82) is 0 Å². The zero-order chi connectivity index (χ0) is 9.19. The van der Waals surface area contributed by atoms with E-state index < -0.39 is 13.3 Å². The van der Waals surface area contributed by atoms with Gasteiger partial charge in [0.15, 0.2) is 0 Å². The first-order valence-corrected chi connectivity index (χ1v) is 5.96. The van der Waals surface area contributed by atoms with Gasteiger partial charge in [-0.1, -0.05) is 0 Å². The van der Waals surface area contributed by atoms with Gasteiger partial charge in [-0.05, 0) is 32.9 Å². The first-order chi connectivity index (χ1) is 5.50. The van der Waals surface area contributed by atoms with Crippen molar-refractivity contribution in [3.8, 4) is 0 Å². The highest BCUT2D eigenvalue weighted by molar-refractivity contribution is 7.52. The Morgan fingerprint density at radius 1 is 1.42 bits per heavy atom. The highest BCUT2D eigenvalue weighted by atomic mass is 31.2. The van der Waals surface area contributed by atoms with E-state index in [1.54, 1.807) is 6.92 Å². The molecule has 12 heavy (non-hydrogen) atoms. The first-order valence-electron chi connectivity index (χ1n) is 4.28. The molecule has 4 nitrogen and oxygen atoms in total. The van der Waals surface area contributed by atoms with E-state index >= 15 is 0 Å². The fraction of sp³-hybridized carbons (Fsp3) is 1.00. The van der Waals surface area contributed by atoms with Gasteiger partial charge in [-0.2, -0.15) is 0 Å². The van der Waals surface area contributed by atoms with Crippen LogP contribution in [0.15, 0.2) is 0 Å². The van der Waals surface area contributed by atoms with Crippen molar-refractivity contribution in [2.24, 2.45) is 0 Å². The van der Waals surface area contributed by atoms with E-state index in [9.17, 15) is 4.57 Å². The molecule has 2 N–H and O–H groups in total. The smallest absolute Gasteiger partial charge is 0.324 e. The Balaban J connectivity index is 2.35. The molecule has 1 aliphatic heterocycles. The van der Waals surface area contributed by atoms with Crippen LogP contribution in [-0.2, 0) is 4.57 Å². The van der Waals surface area contributed by atoms with Crippen LogP contribution in [0.25, 0.3) is 0 Å². The Morgan fingerprint density at radius 2 is 1.92 bits per heavy atom. The van der Waals surface area contributed by atoms with Crippen LogP contribution in [0.3, 0.4) is 0 Å². The van der Waals surface area contributed by atoms with Crippen LogP contribution < -0.4 is 0 Å². The van der Waals surface area contributed by atoms with Crippen molar-refractivity contribution in [2.75, 3.05) is 19.6 Å². The summed E-state index contributed by atoms with van der Waals surface area (Å²) in [6.45, 7) is 4.12. The Labute approximate surface area is 72.7 Å². The second kappa shape index (κ2) is 3.88. The van der Waals surface area contributed by atoms with Crippen LogP contribution in [0.1, 0.15) is 19.8 Å². The van der Waals surface area contributed by atoms with Gasteiger partial charge in [0.25, 0.3) is 0 Å². The van der Waals surface area contributed by atoms with Crippen molar-refractivity contribution in [1.82, 2.24) is 4.90 Å². The second-order valence-electron chi connectivity index (χ2n) is 3.45. The van der Waals surface area contributed by atoms with E-state index in [0.717, 1.165) is 25.9 Å². The summed E-state index contributed by atoms with van der Waals surface area (Å²) in [5, 5.41) is 0. The maximum Gasteiger partial charge on any atom is 0.329 e. The maximum atomic E-state index is 10.8. The molecule has 1 aliphatic rings. The summed E-state index contributed by atoms with van der Waals surface area (Å²) in [4.78, 5) is 19.8. The normalized spacial score (nSPS) is 22.9. The Kier molecular flexibility index (Phi) is 3.29. The predicted molar refractivity (Wildman–Crippen MR) is 47.2 cm³/mol. The lowest BCUT2D eigenvalue weighted by Gasteiger charge is -2.20. The Morgan fingerprint density at radius 3 is 2.33 bits per heavy atom. The lowest BCUT2D eigenvalue weighted by molar-refractivity contribution is 0.306. The molecule has 1 heterocycles. The molecule has 5 heteroatoms. The molecule has 1 saturated heterocycles. The van der Waals surface area contributed by atoms with Gasteiger partial charge in [-0.25, -0.2) is 0 Å². The zero-order valence-electron chi connectivity index (χ0n) is 7.31. The van der Waals surface area contributed by atoms with E-state index in [1.807, 2.05) is 0 Å². The minimum absolute atomic E-state index is 0.518. The fourth-order valence-electron chi connectivity index (χ4n) is 1.45. The van der Waals surface area contributed by atoms with E-state index in [4.69, 9.17) is 9.79 Å². The van der Waals surface area contributed by atoms with E-state index in [-0.39, 0.29) is 0 Å². The van der Waals surface area contributed by atoms with Gasteiger partial charge in [0.1, 0.15) is 0 Å². The van der Waals surface area contributed by atoms with Crippen molar-refractivity contribution in [3.05, 3.63) is 0 Å². The van der Waals surface area contributed by atoms with Gasteiger partial charge in [-0.3, -0.25) is 4.57 Å². The molecule has 1 fully saturated rings. The summed E-state index contributed by atoms with van der Waals surface area (Å²) in [6.07, 6.45) is 2.32. The van der Waals surface area contributed by atoms with Crippen LogP contribution >= 0.6 is 7.60 Å². The Bertz CT molecular complexity index is 185. The molecule has 1 rings (SSSR count). The van der Waals surface area contributed by atoms with E-state index in [0.29, 0.717) is 6.54 Å². The molecule has 0 aromatic carbocycles. The van der Waals surface area contributed by atoms with Crippen LogP contribution in [-0.4, -0.2) is 40.0 Å². The third-order valence-corrected chi connectivity index (χ3v) is 3.61. The number of hydrogen-bond donors (Lipinski definition) is 2. The van der Waals surface area contributed by atoms with E-state index in [2.05, 4.69) is 4.90 Å². The Hall–Kier alpha value is 0.110. The van der Waals surface area contributed by atoms with Crippen LogP contribution in [0.2, 0.25) is 0 Å². The summed E-state index contributed by atoms with van der Waals surface area (Å²) in [5.74, 6) is 0. The summed E-state index contributed by atoms with van der Waals surface area (Å²) >= 11 is 0. The highest BCUT2D eigenvalue weighted by Crippen LogP contribution is 2.41. The molecular formula is C7H16NO3P. The zero-order valence-corrected chi connectivity index (χ0v) is 8.20. The molecule has 72 valence electrons. The molecular weight excluding hydrogens is 177 g/mol. The van der Waals surface area contributed by atoms with Crippen LogP contribution in [0.4, 0.5) is 0 Å². The average molecular weight is 193 g/mol. The molecule has 0 spiro atoms. The van der Waals surface area contributed by atoms with Crippen LogP contribution in [0.5, 0.6) is 0 Å². The third-order valence-electron chi connectivity index (χ3n) is 2.30. The van der Waals surface area contributed by atoms with Gasteiger partial charge in [0.05, 0.1) is 5.66 Å². The largest absolute Gasteiger partial charge is 0.329 e. The van der Waals surface area contributed by atoms with Crippen molar-refractivity contribution < 1.29 is 14.4 Å². The fourth-order valence-corrected chi connectivity index (χ4v) is 1.89. The highest BCUT2D eigenvalue weighted by Gasteiger charge is 2.26.